The van der Waals surface area contributed by atoms with E-state index >= 15 is 0 Å². The van der Waals surface area contributed by atoms with Gasteiger partial charge in [-0.15, -0.1) is 0 Å². The molecule has 0 atom stereocenters. The summed E-state index contributed by atoms with van der Waals surface area (Å²) >= 11 is 0. The molecular formula is C20H25N3O4S. The monoisotopic (exact) mass is 403 g/mol. The van der Waals surface area contributed by atoms with Crippen LogP contribution in [0.25, 0.3) is 0 Å². The quantitative estimate of drug-likeness (QED) is 0.590. The minimum Gasteiger partial charge on any atom is -0.354 e. The van der Waals surface area contributed by atoms with Crippen molar-refractivity contribution in [2.45, 2.75) is 31.2 Å². The number of hydrogen-bond donors (Lipinski definition) is 3. The zero-order valence-corrected chi connectivity index (χ0v) is 16.8. The van der Waals surface area contributed by atoms with Crippen molar-refractivity contribution in [3.8, 4) is 0 Å². The van der Waals surface area contributed by atoms with E-state index in [9.17, 15) is 18.0 Å². The van der Waals surface area contributed by atoms with Crippen molar-refractivity contribution in [2.24, 2.45) is 0 Å². The highest BCUT2D eigenvalue weighted by atomic mass is 32.2. The second kappa shape index (κ2) is 10.0. The maximum atomic E-state index is 12.1. The molecule has 8 heteroatoms. The van der Waals surface area contributed by atoms with Crippen LogP contribution in [0.2, 0.25) is 0 Å². The largest absolute Gasteiger partial charge is 0.354 e. The summed E-state index contributed by atoms with van der Waals surface area (Å²) in [6, 6.07) is 15.1. The maximum absolute atomic E-state index is 12.1. The highest BCUT2D eigenvalue weighted by Crippen LogP contribution is 2.11. The Bertz CT molecular complexity index is 895. The van der Waals surface area contributed by atoms with E-state index in [1.807, 2.05) is 30.3 Å². The van der Waals surface area contributed by atoms with Gasteiger partial charge in [-0.1, -0.05) is 30.3 Å². The van der Waals surface area contributed by atoms with E-state index in [2.05, 4.69) is 15.4 Å². The Kier molecular flexibility index (Phi) is 7.71. The van der Waals surface area contributed by atoms with Crippen molar-refractivity contribution in [1.82, 2.24) is 15.4 Å². The second-order valence-electron chi connectivity index (χ2n) is 6.57. The molecule has 0 radical (unpaired) electrons. The Morgan fingerprint density at radius 2 is 1.57 bits per heavy atom. The SMILES string of the molecule is CC(C)NS(=O)(=O)c1ccc(C(=O)NCC(=O)NCCc2ccccc2)cc1. The number of benzene rings is 2. The normalized spacial score (nSPS) is 11.2. The van der Waals surface area contributed by atoms with Crippen LogP contribution in [0.4, 0.5) is 0 Å². The molecular weight excluding hydrogens is 378 g/mol. The summed E-state index contributed by atoms with van der Waals surface area (Å²) in [6.07, 6.45) is 0.709. The molecule has 2 aromatic rings. The standard InChI is InChI=1S/C20H25N3O4S/c1-15(2)23-28(26,27)18-10-8-17(9-11-18)20(25)22-14-19(24)21-13-12-16-6-4-3-5-7-16/h3-11,15,23H,12-14H2,1-2H3,(H,21,24)(H,22,25). The van der Waals surface area contributed by atoms with Gasteiger partial charge < -0.3 is 10.6 Å². The van der Waals surface area contributed by atoms with Crippen molar-refractivity contribution >= 4 is 21.8 Å². The van der Waals surface area contributed by atoms with Crippen molar-refractivity contribution in [3.63, 3.8) is 0 Å². The molecule has 28 heavy (non-hydrogen) atoms. The van der Waals surface area contributed by atoms with Crippen molar-refractivity contribution < 1.29 is 18.0 Å². The van der Waals surface area contributed by atoms with Crippen LogP contribution >= 0.6 is 0 Å². The lowest BCUT2D eigenvalue weighted by Crippen LogP contribution is -2.37. The minimum absolute atomic E-state index is 0.0800. The molecule has 2 amide bonds. The Morgan fingerprint density at radius 3 is 2.18 bits per heavy atom. The molecule has 3 N–H and O–H groups in total. The van der Waals surface area contributed by atoms with Crippen molar-refractivity contribution in [3.05, 3.63) is 65.7 Å². The van der Waals surface area contributed by atoms with Crippen LogP contribution in [0.15, 0.2) is 59.5 Å². The average molecular weight is 404 g/mol. The number of rotatable bonds is 9. The van der Waals surface area contributed by atoms with E-state index in [-0.39, 0.29) is 29.0 Å². The Morgan fingerprint density at radius 1 is 0.929 bits per heavy atom. The molecule has 2 aromatic carbocycles. The third-order valence-corrected chi connectivity index (χ3v) is 5.48. The number of hydrogen-bond acceptors (Lipinski definition) is 4. The topological polar surface area (TPSA) is 104 Å². The van der Waals surface area contributed by atoms with Gasteiger partial charge in [0.25, 0.3) is 5.91 Å². The molecule has 0 unspecified atom stereocenters. The van der Waals surface area contributed by atoms with Gasteiger partial charge in [0, 0.05) is 18.2 Å². The predicted molar refractivity (Wildman–Crippen MR) is 107 cm³/mol. The molecule has 150 valence electrons. The highest BCUT2D eigenvalue weighted by molar-refractivity contribution is 7.89. The summed E-state index contributed by atoms with van der Waals surface area (Å²) in [4.78, 5) is 24.1. The van der Waals surface area contributed by atoms with E-state index in [1.54, 1.807) is 13.8 Å². The molecule has 0 aliphatic carbocycles. The molecule has 7 nitrogen and oxygen atoms in total. The van der Waals surface area contributed by atoms with Crippen LogP contribution in [-0.2, 0) is 21.2 Å². The number of amides is 2. The number of carbonyl (C=O) groups excluding carboxylic acids is 2. The first-order valence-electron chi connectivity index (χ1n) is 8.99. The molecule has 2 rings (SSSR count). The predicted octanol–water partition coefficient (Wildman–Crippen LogP) is 1.46. The van der Waals surface area contributed by atoms with Gasteiger partial charge in [-0.25, -0.2) is 13.1 Å². The molecule has 0 saturated heterocycles. The van der Waals surface area contributed by atoms with Crippen LogP contribution in [0, 0.1) is 0 Å². The molecule has 0 bridgehead atoms. The van der Waals surface area contributed by atoms with Crippen LogP contribution in [0.1, 0.15) is 29.8 Å². The first-order chi connectivity index (χ1) is 13.3. The smallest absolute Gasteiger partial charge is 0.251 e. The van der Waals surface area contributed by atoms with Gasteiger partial charge in [-0.2, -0.15) is 0 Å². The lowest BCUT2D eigenvalue weighted by atomic mass is 10.1. The number of nitrogens with one attached hydrogen (secondary N) is 3. The first kappa shape index (κ1) is 21.6. The summed E-state index contributed by atoms with van der Waals surface area (Å²) < 4.78 is 26.6. The Hall–Kier alpha value is -2.71. The van der Waals surface area contributed by atoms with Gasteiger partial charge in [0.05, 0.1) is 11.4 Å². The third-order valence-electron chi connectivity index (χ3n) is 3.81. The minimum atomic E-state index is -3.61. The number of carbonyl (C=O) groups is 2. The van der Waals surface area contributed by atoms with Gasteiger partial charge >= 0.3 is 0 Å². The molecule has 0 saturated carbocycles. The summed E-state index contributed by atoms with van der Waals surface area (Å²) in [5.41, 5.74) is 1.40. The van der Waals surface area contributed by atoms with E-state index in [0.29, 0.717) is 13.0 Å². The summed E-state index contributed by atoms with van der Waals surface area (Å²) in [5.74, 6) is -0.733. The van der Waals surface area contributed by atoms with E-state index in [0.717, 1.165) is 5.56 Å². The fourth-order valence-corrected chi connectivity index (χ4v) is 3.73. The zero-order chi connectivity index (χ0) is 20.6. The lowest BCUT2D eigenvalue weighted by Gasteiger charge is -2.10. The van der Waals surface area contributed by atoms with Crippen molar-refractivity contribution in [2.75, 3.05) is 13.1 Å². The van der Waals surface area contributed by atoms with Crippen LogP contribution in [0.5, 0.6) is 0 Å². The molecule has 0 heterocycles. The molecule has 0 fully saturated rings. The van der Waals surface area contributed by atoms with Crippen LogP contribution in [0.3, 0.4) is 0 Å². The highest BCUT2D eigenvalue weighted by Gasteiger charge is 2.16. The van der Waals surface area contributed by atoms with Crippen LogP contribution in [-0.4, -0.2) is 39.4 Å². The van der Waals surface area contributed by atoms with E-state index in [4.69, 9.17) is 0 Å². The third kappa shape index (κ3) is 6.79. The lowest BCUT2D eigenvalue weighted by molar-refractivity contribution is -0.120. The first-order valence-corrected chi connectivity index (χ1v) is 10.5. The number of sulfonamides is 1. The maximum Gasteiger partial charge on any atom is 0.251 e. The second-order valence-corrected chi connectivity index (χ2v) is 8.28. The Balaban J connectivity index is 1.80. The van der Waals surface area contributed by atoms with Gasteiger partial charge in [0.1, 0.15) is 0 Å². The summed E-state index contributed by atoms with van der Waals surface area (Å²) in [6.45, 7) is 3.78. The fourth-order valence-electron chi connectivity index (χ4n) is 2.48. The summed E-state index contributed by atoms with van der Waals surface area (Å²) in [5, 5.41) is 5.27. The van der Waals surface area contributed by atoms with E-state index in [1.165, 1.54) is 24.3 Å². The van der Waals surface area contributed by atoms with Crippen molar-refractivity contribution in [1.29, 1.82) is 0 Å². The zero-order valence-electron chi connectivity index (χ0n) is 15.9. The van der Waals surface area contributed by atoms with Gasteiger partial charge in [-0.05, 0) is 50.1 Å². The van der Waals surface area contributed by atoms with Gasteiger partial charge in [0.2, 0.25) is 15.9 Å². The molecule has 0 aliphatic heterocycles. The van der Waals surface area contributed by atoms with Gasteiger partial charge in [-0.3, -0.25) is 9.59 Å². The van der Waals surface area contributed by atoms with Gasteiger partial charge in [0.15, 0.2) is 0 Å². The average Bonchev–Trinajstić information content (AvgIpc) is 2.66. The molecule has 0 aliphatic rings. The summed E-state index contributed by atoms with van der Waals surface area (Å²) in [7, 11) is -3.61. The molecule has 0 spiro atoms. The van der Waals surface area contributed by atoms with E-state index < -0.39 is 15.9 Å². The Labute approximate surface area is 165 Å². The van der Waals surface area contributed by atoms with Crippen LogP contribution < -0.4 is 15.4 Å². The fraction of sp³-hybridized carbons (Fsp3) is 0.300. The molecule has 0 aromatic heterocycles.